The molecule has 8 nitrogen and oxygen atoms in total. The summed E-state index contributed by atoms with van der Waals surface area (Å²) in [7, 11) is 0. The summed E-state index contributed by atoms with van der Waals surface area (Å²) in [5.74, 6) is 7.78. The molecular formula is C28H27ClN6O2. The number of urea groups is 1. The van der Waals surface area contributed by atoms with Crippen molar-refractivity contribution in [2.24, 2.45) is 0 Å². The molecule has 2 heterocycles. The highest BCUT2D eigenvalue weighted by Gasteiger charge is 2.12. The average molecular weight is 515 g/mol. The number of pyridine rings is 1. The Labute approximate surface area is 220 Å². The van der Waals surface area contributed by atoms with Gasteiger partial charge in [-0.25, -0.2) is 14.8 Å². The molecule has 0 radical (unpaired) electrons. The zero-order valence-electron chi connectivity index (χ0n) is 21.0. The van der Waals surface area contributed by atoms with E-state index in [2.05, 4.69) is 42.7 Å². The van der Waals surface area contributed by atoms with Crippen LogP contribution < -0.4 is 20.7 Å². The molecule has 9 heteroatoms. The lowest BCUT2D eigenvalue weighted by molar-refractivity contribution is 0.233. The lowest BCUT2D eigenvalue weighted by Crippen LogP contribution is -2.46. The highest BCUT2D eigenvalue weighted by molar-refractivity contribution is 6.32. The molecule has 0 fully saturated rings. The van der Waals surface area contributed by atoms with E-state index in [0.29, 0.717) is 22.3 Å². The second-order valence-electron chi connectivity index (χ2n) is 9.32. The van der Waals surface area contributed by atoms with Crippen LogP contribution in [0, 0.1) is 18.8 Å². The first-order valence-corrected chi connectivity index (χ1v) is 12.0. The highest BCUT2D eigenvalue weighted by Crippen LogP contribution is 2.33. The molecule has 0 aliphatic heterocycles. The molecule has 0 aliphatic rings. The Kier molecular flexibility index (Phi) is 7.75. The second-order valence-corrected chi connectivity index (χ2v) is 9.73. The number of fused-ring (bicyclic) bond motifs is 1. The number of hydrogen-bond donors (Lipinski definition) is 3. The van der Waals surface area contributed by atoms with Crippen molar-refractivity contribution < 1.29 is 9.53 Å². The van der Waals surface area contributed by atoms with Crippen molar-refractivity contribution >= 4 is 40.0 Å². The van der Waals surface area contributed by atoms with Gasteiger partial charge in [0.05, 0.1) is 23.3 Å². The van der Waals surface area contributed by atoms with Gasteiger partial charge < -0.3 is 20.7 Å². The monoisotopic (exact) mass is 514 g/mol. The molecule has 0 aliphatic carbocycles. The zero-order chi connectivity index (χ0) is 26.4. The van der Waals surface area contributed by atoms with Crippen LogP contribution in [-0.2, 0) is 0 Å². The maximum atomic E-state index is 11.9. The lowest BCUT2D eigenvalue weighted by Gasteiger charge is -2.20. The number of rotatable bonds is 5. The number of halogens is 1. The average Bonchev–Trinajstić information content (AvgIpc) is 2.84. The number of aryl methyl sites for hydroxylation is 1. The van der Waals surface area contributed by atoms with Gasteiger partial charge in [0.25, 0.3) is 0 Å². The van der Waals surface area contributed by atoms with E-state index in [1.54, 1.807) is 18.3 Å². The topological polar surface area (TPSA) is 101 Å². The minimum absolute atomic E-state index is 0.224. The molecule has 2 amide bonds. The SMILES string of the molecule is Cc1ccc(Oc2ccc(Nc3ncnc4ccc(C#CCNC(=O)NC(C)(C)C)cc34)cc2Cl)cn1. The van der Waals surface area contributed by atoms with E-state index >= 15 is 0 Å². The summed E-state index contributed by atoms with van der Waals surface area (Å²) >= 11 is 6.48. The van der Waals surface area contributed by atoms with Gasteiger partial charge >= 0.3 is 6.03 Å². The summed E-state index contributed by atoms with van der Waals surface area (Å²) in [4.78, 5) is 24.9. The van der Waals surface area contributed by atoms with Crippen LogP contribution in [0.3, 0.4) is 0 Å². The van der Waals surface area contributed by atoms with Crippen molar-refractivity contribution in [3.8, 4) is 23.3 Å². The van der Waals surface area contributed by atoms with Crippen LogP contribution in [0.4, 0.5) is 16.3 Å². The summed E-state index contributed by atoms with van der Waals surface area (Å²) in [6.45, 7) is 7.89. The van der Waals surface area contributed by atoms with Crippen LogP contribution >= 0.6 is 11.6 Å². The van der Waals surface area contributed by atoms with Gasteiger partial charge in [-0.2, -0.15) is 0 Å². The second kappa shape index (κ2) is 11.1. The number of nitrogens with zero attached hydrogens (tertiary/aromatic N) is 3. The standard InChI is InChI=1S/C28H27ClN6O2/c1-18-7-10-21(16-31-18)37-25-12-9-20(15-23(25)29)34-26-22-14-19(8-11-24(22)32-17-33-26)6-5-13-30-27(36)35-28(2,3)4/h7-12,14-17H,13H2,1-4H3,(H2,30,35,36)(H,32,33,34). The molecule has 0 spiro atoms. The Balaban J connectivity index is 1.47. The predicted molar refractivity (Wildman–Crippen MR) is 146 cm³/mol. The number of hydrogen-bond acceptors (Lipinski definition) is 6. The Morgan fingerprint density at radius 2 is 1.89 bits per heavy atom. The number of benzene rings is 2. The predicted octanol–water partition coefficient (Wildman–Crippen LogP) is 5.97. The largest absolute Gasteiger partial charge is 0.454 e. The first-order valence-electron chi connectivity index (χ1n) is 11.6. The molecule has 2 aromatic heterocycles. The number of amides is 2. The zero-order valence-corrected chi connectivity index (χ0v) is 21.8. The van der Waals surface area contributed by atoms with Gasteiger partial charge in [-0.3, -0.25) is 4.98 Å². The summed E-state index contributed by atoms with van der Waals surface area (Å²) in [5.41, 5.74) is 2.88. The Bertz CT molecular complexity index is 1490. The van der Waals surface area contributed by atoms with Crippen molar-refractivity contribution in [1.29, 1.82) is 0 Å². The Morgan fingerprint density at radius 3 is 2.62 bits per heavy atom. The van der Waals surface area contributed by atoms with Crippen LogP contribution in [0.2, 0.25) is 5.02 Å². The van der Waals surface area contributed by atoms with Crippen molar-refractivity contribution in [2.75, 3.05) is 11.9 Å². The molecule has 188 valence electrons. The minimum Gasteiger partial charge on any atom is -0.454 e. The Hall–Kier alpha value is -4.35. The van der Waals surface area contributed by atoms with Gasteiger partial charge in [0.1, 0.15) is 23.6 Å². The van der Waals surface area contributed by atoms with Gasteiger partial charge in [-0.05, 0) is 76.2 Å². The van der Waals surface area contributed by atoms with E-state index < -0.39 is 0 Å². The first kappa shape index (κ1) is 25.7. The number of ether oxygens (including phenoxy) is 1. The molecule has 0 bridgehead atoms. The van der Waals surface area contributed by atoms with E-state index in [-0.39, 0.29) is 18.1 Å². The van der Waals surface area contributed by atoms with E-state index in [0.717, 1.165) is 27.8 Å². The van der Waals surface area contributed by atoms with Gasteiger partial charge in [-0.1, -0.05) is 23.4 Å². The smallest absolute Gasteiger partial charge is 0.315 e. The Morgan fingerprint density at radius 1 is 1.05 bits per heavy atom. The molecule has 0 atom stereocenters. The van der Waals surface area contributed by atoms with E-state index in [1.165, 1.54) is 6.33 Å². The van der Waals surface area contributed by atoms with Crippen LogP contribution in [0.15, 0.2) is 61.1 Å². The van der Waals surface area contributed by atoms with Crippen molar-refractivity contribution in [3.63, 3.8) is 0 Å². The quantitative estimate of drug-likeness (QED) is 0.283. The van der Waals surface area contributed by atoms with Gasteiger partial charge in [0.2, 0.25) is 0 Å². The molecule has 4 rings (SSSR count). The normalized spacial score (nSPS) is 10.8. The van der Waals surface area contributed by atoms with Crippen LogP contribution in [0.1, 0.15) is 32.0 Å². The number of carbonyl (C=O) groups is 1. The summed E-state index contributed by atoms with van der Waals surface area (Å²) < 4.78 is 5.85. The molecule has 2 aromatic carbocycles. The third-order valence-corrected chi connectivity index (χ3v) is 5.30. The minimum atomic E-state index is -0.310. The summed E-state index contributed by atoms with van der Waals surface area (Å²) in [6, 6.07) is 14.5. The van der Waals surface area contributed by atoms with Crippen LogP contribution in [0.25, 0.3) is 10.9 Å². The third-order valence-electron chi connectivity index (χ3n) is 5.00. The van der Waals surface area contributed by atoms with E-state index in [9.17, 15) is 4.79 Å². The maximum absolute atomic E-state index is 11.9. The molecule has 0 saturated carbocycles. The number of aromatic nitrogens is 3. The fraction of sp³-hybridized carbons (Fsp3) is 0.214. The molecule has 3 N–H and O–H groups in total. The van der Waals surface area contributed by atoms with E-state index in [4.69, 9.17) is 16.3 Å². The molecule has 37 heavy (non-hydrogen) atoms. The summed E-state index contributed by atoms with van der Waals surface area (Å²) in [6.07, 6.45) is 3.15. The van der Waals surface area contributed by atoms with Gasteiger partial charge in [0, 0.05) is 27.9 Å². The molecule has 4 aromatic rings. The summed E-state index contributed by atoms with van der Waals surface area (Å²) in [5, 5.41) is 10.1. The number of carbonyl (C=O) groups excluding carboxylic acids is 1. The highest BCUT2D eigenvalue weighted by atomic mass is 35.5. The van der Waals surface area contributed by atoms with Crippen molar-refractivity contribution in [1.82, 2.24) is 25.6 Å². The van der Waals surface area contributed by atoms with Crippen molar-refractivity contribution in [2.45, 2.75) is 33.2 Å². The maximum Gasteiger partial charge on any atom is 0.315 e. The van der Waals surface area contributed by atoms with Gasteiger partial charge in [0.15, 0.2) is 0 Å². The molecule has 0 unspecified atom stereocenters. The lowest BCUT2D eigenvalue weighted by atomic mass is 10.1. The van der Waals surface area contributed by atoms with Crippen LogP contribution in [0.5, 0.6) is 11.5 Å². The molecular weight excluding hydrogens is 488 g/mol. The number of anilines is 2. The van der Waals surface area contributed by atoms with E-state index in [1.807, 2.05) is 64.1 Å². The fourth-order valence-corrected chi connectivity index (χ4v) is 3.55. The number of nitrogens with one attached hydrogen (secondary N) is 3. The van der Waals surface area contributed by atoms with Gasteiger partial charge in [-0.15, -0.1) is 0 Å². The van der Waals surface area contributed by atoms with Crippen LogP contribution in [-0.4, -0.2) is 33.1 Å². The van der Waals surface area contributed by atoms with Crippen molar-refractivity contribution in [3.05, 3.63) is 77.3 Å². The molecule has 0 saturated heterocycles. The first-order chi connectivity index (χ1) is 17.7. The third kappa shape index (κ3) is 7.32. The fourth-order valence-electron chi connectivity index (χ4n) is 3.33.